The lowest BCUT2D eigenvalue weighted by atomic mass is 10.1. The summed E-state index contributed by atoms with van der Waals surface area (Å²) < 4.78 is 10.6. The maximum Gasteiger partial charge on any atom is 0.426 e. The van der Waals surface area contributed by atoms with E-state index in [4.69, 9.17) is 20.3 Å². The van der Waals surface area contributed by atoms with Gasteiger partial charge in [-0.25, -0.2) is 19.8 Å². The van der Waals surface area contributed by atoms with E-state index in [0.717, 1.165) is 0 Å². The molecule has 1 amide bonds. The Morgan fingerprint density at radius 1 is 0.750 bits per heavy atom. The second-order valence-corrected chi connectivity index (χ2v) is 10.4. The third-order valence-corrected chi connectivity index (χ3v) is 4.83. The van der Waals surface area contributed by atoms with Gasteiger partial charge in [0.05, 0.1) is 16.7 Å². The van der Waals surface area contributed by atoms with Gasteiger partial charge >= 0.3 is 18.0 Å². The Labute approximate surface area is 230 Å². The minimum Gasteiger partial charge on any atom is -0.478 e. The monoisotopic (exact) mass is 549 g/mol. The van der Waals surface area contributed by atoms with Crippen molar-refractivity contribution in [3.05, 3.63) is 60.2 Å². The van der Waals surface area contributed by atoms with Crippen LogP contribution in [0.5, 0.6) is 0 Å². The molecule has 0 radical (unpaired) electrons. The number of nitrogens with one attached hydrogen (secondary N) is 2. The highest BCUT2D eigenvalue weighted by Crippen LogP contribution is 2.26. The molecule has 210 valence electrons. The first-order valence-corrected chi connectivity index (χ1v) is 12.1. The van der Waals surface area contributed by atoms with Gasteiger partial charge in [0, 0.05) is 30.5 Å². The van der Waals surface area contributed by atoms with Crippen molar-refractivity contribution in [2.45, 2.75) is 52.7 Å². The number of fused-ring (bicyclic) bond motifs is 2. The van der Waals surface area contributed by atoms with Crippen LogP contribution in [0, 0.1) is 0 Å². The van der Waals surface area contributed by atoms with Crippen molar-refractivity contribution in [2.75, 3.05) is 11.2 Å². The SMILES string of the molecule is CC(C)(C)OC(=O)NNc1ccc2nccnc2c1C(=O)OC(C)(C)C.Nc1ccc2nccnc2c1C(=O)O. The number of amides is 1. The Balaban J connectivity index is 0.000000263. The number of nitrogens with zero attached hydrogens (tertiary/aromatic N) is 4. The number of hydrogen-bond donors (Lipinski definition) is 4. The van der Waals surface area contributed by atoms with Crippen LogP contribution in [-0.2, 0) is 9.47 Å². The molecular formula is C27H31N7O6. The molecule has 40 heavy (non-hydrogen) atoms. The number of carbonyl (C=O) groups is 3. The van der Waals surface area contributed by atoms with Crippen LogP contribution in [0.3, 0.4) is 0 Å². The van der Waals surface area contributed by atoms with Crippen molar-refractivity contribution >= 4 is 51.5 Å². The molecule has 5 N–H and O–H groups in total. The zero-order chi connectivity index (χ0) is 29.7. The average Bonchev–Trinajstić information content (AvgIpc) is 2.85. The van der Waals surface area contributed by atoms with Gasteiger partial charge in [0.2, 0.25) is 0 Å². The fraction of sp³-hybridized carbons (Fsp3) is 0.296. The first kappa shape index (κ1) is 29.5. The van der Waals surface area contributed by atoms with E-state index < -0.39 is 29.2 Å². The molecule has 4 rings (SSSR count). The summed E-state index contributed by atoms with van der Waals surface area (Å²) in [5.41, 5.74) is 11.8. The number of carbonyl (C=O) groups excluding carboxylic acids is 2. The van der Waals surface area contributed by atoms with E-state index in [1.165, 1.54) is 30.9 Å². The van der Waals surface area contributed by atoms with Crippen LogP contribution >= 0.6 is 0 Å². The fourth-order valence-electron chi connectivity index (χ4n) is 3.38. The third kappa shape index (κ3) is 7.72. The van der Waals surface area contributed by atoms with Crippen molar-refractivity contribution in [1.82, 2.24) is 25.4 Å². The van der Waals surface area contributed by atoms with Crippen molar-refractivity contribution in [2.24, 2.45) is 0 Å². The number of hydrazine groups is 1. The molecule has 2 aromatic carbocycles. The Kier molecular flexibility index (Phi) is 8.67. The fourth-order valence-corrected chi connectivity index (χ4v) is 3.38. The summed E-state index contributed by atoms with van der Waals surface area (Å²) in [6, 6.07) is 6.47. The van der Waals surface area contributed by atoms with Crippen molar-refractivity contribution < 1.29 is 29.0 Å². The Hall–Kier alpha value is -5.07. The summed E-state index contributed by atoms with van der Waals surface area (Å²) >= 11 is 0. The van der Waals surface area contributed by atoms with Gasteiger partial charge in [0.15, 0.2) is 0 Å². The molecule has 2 heterocycles. The number of aromatic carboxylic acids is 1. The van der Waals surface area contributed by atoms with Gasteiger partial charge in [-0.05, 0) is 65.8 Å². The molecule has 4 aromatic rings. The molecule has 13 heteroatoms. The lowest BCUT2D eigenvalue weighted by molar-refractivity contribution is 0.00717. The van der Waals surface area contributed by atoms with E-state index in [9.17, 15) is 14.4 Å². The smallest absolute Gasteiger partial charge is 0.426 e. The van der Waals surface area contributed by atoms with Crippen molar-refractivity contribution in [3.63, 3.8) is 0 Å². The summed E-state index contributed by atoms with van der Waals surface area (Å²) in [6.07, 6.45) is 5.29. The van der Waals surface area contributed by atoms with Gasteiger partial charge in [0.25, 0.3) is 0 Å². The second kappa shape index (κ2) is 11.8. The summed E-state index contributed by atoms with van der Waals surface area (Å²) in [5.74, 6) is -1.66. The summed E-state index contributed by atoms with van der Waals surface area (Å²) in [7, 11) is 0. The van der Waals surface area contributed by atoms with Gasteiger partial charge in [0.1, 0.15) is 33.4 Å². The quantitative estimate of drug-likeness (QED) is 0.160. The highest BCUT2D eigenvalue weighted by molar-refractivity contribution is 6.07. The minimum atomic E-state index is -1.09. The van der Waals surface area contributed by atoms with E-state index in [-0.39, 0.29) is 16.8 Å². The first-order chi connectivity index (χ1) is 18.7. The number of rotatable bonds is 4. The zero-order valence-corrected chi connectivity index (χ0v) is 23.0. The number of esters is 1. The van der Waals surface area contributed by atoms with Crippen LogP contribution in [0.25, 0.3) is 22.1 Å². The molecule has 0 bridgehead atoms. The van der Waals surface area contributed by atoms with Crippen LogP contribution in [0.15, 0.2) is 49.1 Å². The van der Waals surface area contributed by atoms with Gasteiger partial charge in [-0.1, -0.05) is 0 Å². The van der Waals surface area contributed by atoms with Crippen LogP contribution in [0.1, 0.15) is 62.3 Å². The molecule has 0 spiro atoms. The molecule has 0 aliphatic heterocycles. The largest absolute Gasteiger partial charge is 0.478 e. The highest BCUT2D eigenvalue weighted by atomic mass is 16.6. The minimum absolute atomic E-state index is 0.00981. The number of ether oxygens (including phenoxy) is 2. The van der Waals surface area contributed by atoms with Crippen LogP contribution in [0.4, 0.5) is 16.2 Å². The number of carboxylic acid groups (broad SMARTS) is 1. The Bertz CT molecular complexity index is 1560. The summed E-state index contributed by atoms with van der Waals surface area (Å²) in [5, 5.41) is 8.92. The van der Waals surface area contributed by atoms with Gasteiger partial charge < -0.3 is 20.3 Å². The average molecular weight is 550 g/mol. The van der Waals surface area contributed by atoms with Gasteiger partial charge in [-0.2, -0.15) is 0 Å². The van der Waals surface area contributed by atoms with E-state index >= 15 is 0 Å². The van der Waals surface area contributed by atoms with Crippen LogP contribution in [0.2, 0.25) is 0 Å². The molecule has 13 nitrogen and oxygen atoms in total. The predicted molar refractivity (Wildman–Crippen MR) is 149 cm³/mol. The zero-order valence-electron chi connectivity index (χ0n) is 23.0. The molecule has 0 saturated carbocycles. The lowest BCUT2D eigenvalue weighted by Crippen LogP contribution is -2.36. The Morgan fingerprint density at radius 3 is 1.77 bits per heavy atom. The number of anilines is 2. The van der Waals surface area contributed by atoms with E-state index in [1.807, 2.05) is 0 Å². The molecule has 0 unspecified atom stereocenters. The topological polar surface area (TPSA) is 192 Å². The predicted octanol–water partition coefficient (Wildman–Crippen LogP) is 4.35. The van der Waals surface area contributed by atoms with Crippen LogP contribution in [-0.4, -0.2) is 54.3 Å². The van der Waals surface area contributed by atoms with Crippen molar-refractivity contribution in [1.29, 1.82) is 0 Å². The van der Waals surface area contributed by atoms with E-state index in [1.54, 1.807) is 59.7 Å². The molecule has 0 fully saturated rings. The summed E-state index contributed by atoms with van der Waals surface area (Å²) in [6.45, 7) is 10.6. The number of benzene rings is 2. The molecule has 0 saturated heterocycles. The first-order valence-electron chi connectivity index (χ1n) is 12.1. The van der Waals surface area contributed by atoms with Gasteiger partial charge in [-0.15, -0.1) is 0 Å². The molecule has 0 aliphatic carbocycles. The van der Waals surface area contributed by atoms with Crippen LogP contribution < -0.4 is 16.6 Å². The maximum absolute atomic E-state index is 12.7. The summed E-state index contributed by atoms with van der Waals surface area (Å²) in [4.78, 5) is 51.8. The maximum atomic E-state index is 12.7. The molecule has 0 atom stereocenters. The highest BCUT2D eigenvalue weighted by Gasteiger charge is 2.24. The second-order valence-electron chi connectivity index (χ2n) is 10.4. The number of nitrogens with two attached hydrogens (primary N) is 1. The van der Waals surface area contributed by atoms with E-state index in [2.05, 4.69) is 30.8 Å². The number of aromatic nitrogens is 4. The number of carboxylic acids is 1. The standard InChI is InChI=1S/C18H24N4O4.C9H7N3O2/c1-17(2,3)25-15(23)13-11(21-22-16(24)26-18(4,5)6)7-8-12-14(13)20-10-9-19-12;10-5-1-2-6-8(7(5)9(13)14)12-4-3-11-6/h7-10,21H,1-6H3,(H,22,24);1-4H,10H2,(H,13,14). The number of hydrogen-bond acceptors (Lipinski definition) is 11. The lowest BCUT2D eigenvalue weighted by Gasteiger charge is -2.22. The number of nitrogen functional groups attached to an aromatic ring is 1. The van der Waals surface area contributed by atoms with Crippen molar-refractivity contribution in [3.8, 4) is 0 Å². The molecular weight excluding hydrogens is 518 g/mol. The third-order valence-electron chi connectivity index (χ3n) is 4.83. The normalized spacial score (nSPS) is 11.2. The molecule has 2 aromatic heterocycles. The van der Waals surface area contributed by atoms with Gasteiger partial charge in [-0.3, -0.25) is 25.4 Å². The Morgan fingerprint density at radius 2 is 1.25 bits per heavy atom. The molecule has 0 aliphatic rings. The van der Waals surface area contributed by atoms with E-state index in [0.29, 0.717) is 27.8 Å².